The molecule has 0 aromatic carbocycles. The van der Waals surface area contributed by atoms with Gasteiger partial charge in [-0.3, -0.25) is 4.79 Å². The summed E-state index contributed by atoms with van der Waals surface area (Å²) in [6.45, 7) is 3.99. The molecule has 0 spiro atoms. The van der Waals surface area contributed by atoms with Gasteiger partial charge in [0, 0.05) is 18.8 Å². The minimum absolute atomic E-state index is 0.0706. The van der Waals surface area contributed by atoms with Crippen molar-refractivity contribution < 1.29 is 4.79 Å². The summed E-state index contributed by atoms with van der Waals surface area (Å²) in [5.74, 6) is 6.39. The van der Waals surface area contributed by atoms with Gasteiger partial charge in [-0.15, -0.1) is 0 Å². The quantitative estimate of drug-likeness (QED) is 0.810. The summed E-state index contributed by atoms with van der Waals surface area (Å²) in [6, 6.07) is 3.57. The number of anilines is 1. The third-order valence-electron chi connectivity index (χ3n) is 2.79. The van der Waals surface area contributed by atoms with E-state index in [2.05, 4.69) is 23.7 Å². The highest BCUT2D eigenvalue weighted by Gasteiger charge is 2.13. The maximum Gasteiger partial charge on any atom is 0.136 e. The molecule has 0 amide bonds. The number of hydrogen-bond acceptors (Lipinski definition) is 3. The lowest BCUT2D eigenvalue weighted by molar-refractivity contribution is -0.122. The first-order valence-corrected chi connectivity index (χ1v) is 6.40. The van der Waals surface area contributed by atoms with Crippen molar-refractivity contribution in [1.29, 1.82) is 0 Å². The molecule has 0 aliphatic rings. The second kappa shape index (κ2) is 7.50. The van der Waals surface area contributed by atoms with Crippen molar-refractivity contribution in [3.8, 4) is 11.8 Å². The zero-order valence-corrected chi connectivity index (χ0v) is 11.1. The fourth-order valence-electron chi connectivity index (χ4n) is 1.76. The Labute approximate surface area is 109 Å². The van der Waals surface area contributed by atoms with Gasteiger partial charge < -0.3 is 5.73 Å². The average molecular weight is 244 g/mol. The molecule has 2 N–H and O–H groups in total. The molecule has 0 bridgehead atoms. The summed E-state index contributed by atoms with van der Waals surface area (Å²) in [4.78, 5) is 15.8. The number of rotatable bonds is 5. The third-order valence-corrected chi connectivity index (χ3v) is 2.79. The van der Waals surface area contributed by atoms with E-state index in [4.69, 9.17) is 5.73 Å². The monoisotopic (exact) mass is 244 g/mol. The topological polar surface area (TPSA) is 56.0 Å². The second-order valence-electron chi connectivity index (χ2n) is 4.29. The Morgan fingerprint density at radius 3 is 2.78 bits per heavy atom. The second-order valence-corrected chi connectivity index (χ2v) is 4.29. The lowest BCUT2D eigenvalue weighted by Crippen LogP contribution is -2.12. The first-order chi connectivity index (χ1) is 8.67. The summed E-state index contributed by atoms with van der Waals surface area (Å²) < 4.78 is 0. The van der Waals surface area contributed by atoms with Crippen LogP contribution in [0, 0.1) is 17.8 Å². The van der Waals surface area contributed by atoms with Gasteiger partial charge in [0.2, 0.25) is 0 Å². The zero-order chi connectivity index (χ0) is 13.4. The fraction of sp³-hybridized carbons (Fsp3) is 0.467. The molecule has 0 saturated heterocycles. The molecule has 1 aromatic heterocycles. The van der Waals surface area contributed by atoms with Gasteiger partial charge in [-0.05, 0) is 24.5 Å². The highest BCUT2D eigenvalue weighted by Crippen LogP contribution is 2.13. The molecule has 1 heterocycles. The normalized spacial score (nSPS) is 11.4. The van der Waals surface area contributed by atoms with Gasteiger partial charge in [0.25, 0.3) is 0 Å². The summed E-state index contributed by atoms with van der Waals surface area (Å²) in [5, 5.41) is 0. The minimum Gasteiger partial charge on any atom is -0.397 e. The molecule has 0 fully saturated rings. The molecule has 96 valence electrons. The largest absolute Gasteiger partial charge is 0.397 e. The number of pyridine rings is 1. The van der Waals surface area contributed by atoms with Crippen LogP contribution in [0.1, 0.15) is 45.2 Å². The maximum absolute atomic E-state index is 11.7. The number of ketones is 1. The van der Waals surface area contributed by atoms with E-state index in [1.54, 1.807) is 18.3 Å². The average Bonchev–Trinajstić information content (AvgIpc) is 2.39. The van der Waals surface area contributed by atoms with Crippen LogP contribution in [-0.4, -0.2) is 10.8 Å². The van der Waals surface area contributed by atoms with Crippen molar-refractivity contribution in [2.24, 2.45) is 5.92 Å². The Morgan fingerprint density at radius 1 is 1.44 bits per heavy atom. The van der Waals surface area contributed by atoms with E-state index in [1.807, 2.05) is 6.92 Å². The number of nitrogens with zero attached hydrogens (tertiary/aromatic N) is 1. The molecule has 0 aliphatic carbocycles. The standard InChI is InChI=1S/C15H20N2O/c1-3-6-12(15(18)4-2)7-5-8-14-10-9-13(16)11-17-14/h9-12H,3-4,6-7,16H2,1-2H3. The van der Waals surface area contributed by atoms with Gasteiger partial charge in [0.05, 0.1) is 11.9 Å². The number of hydrogen-bond donors (Lipinski definition) is 1. The Kier molecular flexibility index (Phi) is 5.93. The third kappa shape index (κ3) is 4.58. The Bertz CT molecular complexity index is 440. The molecule has 1 rings (SSSR count). The van der Waals surface area contributed by atoms with Gasteiger partial charge in [0.1, 0.15) is 11.5 Å². The Morgan fingerprint density at radius 2 is 2.22 bits per heavy atom. The lowest BCUT2D eigenvalue weighted by atomic mass is 9.94. The number of carbonyl (C=O) groups excluding carboxylic acids is 1. The van der Waals surface area contributed by atoms with Crippen LogP contribution in [-0.2, 0) is 4.79 Å². The molecular weight excluding hydrogens is 224 g/mol. The Hall–Kier alpha value is -1.82. The van der Waals surface area contributed by atoms with Crippen molar-refractivity contribution in [3.63, 3.8) is 0 Å². The first-order valence-electron chi connectivity index (χ1n) is 6.40. The lowest BCUT2D eigenvalue weighted by Gasteiger charge is -2.09. The maximum atomic E-state index is 11.7. The summed E-state index contributed by atoms with van der Waals surface area (Å²) in [5.41, 5.74) is 6.87. The number of nitrogen functional groups attached to an aromatic ring is 1. The molecule has 3 heteroatoms. The van der Waals surface area contributed by atoms with E-state index in [0.29, 0.717) is 30.0 Å². The summed E-state index contributed by atoms with van der Waals surface area (Å²) >= 11 is 0. The summed E-state index contributed by atoms with van der Waals surface area (Å²) in [7, 11) is 0. The predicted octanol–water partition coefficient (Wildman–Crippen LogP) is 2.80. The van der Waals surface area contributed by atoms with Gasteiger partial charge in [-0.25, -0.2) is 4.98 Å². The number of nitrogens with two attached hydrogens (primary N) is 1. The van der Waals surface area contributed by atoms with Crippen molar-refractivity contribution in [2.75, 3.05) is 5.73 Å². The van der Waals surface area contributed by atoms with Gasteiger partial charge in [-0.2, -0.15) is 0 Å². The van der Waals surface area contributed by atoms with E-state index in [9.17, 15) is 4.79 Å². The van der Waals surface area contributed by atoms with E-state index >= 15 is 0 Å². The van der Waals surface area contributed by atoms with Gasteiger partial charge >= 0.3 is 0 Å². The molecule has 1 aromatic rings. The molecule has 0 saturated carbocycles. The summed E-state index contributed by atoms with van der Waals surface area (Å²) in [6.07, 6.45) is 4.72. The highest BCUT2D eigenvalue weighted by atomic mass is 16.1. The molecular formula is C15H20N2O. The SMILES string of the molecule is CCCC(CC#Cc1ccc(N)cn1)C(=O)CC. The van der Waals surface area contributed by atoms with E-state index in [-0.39, 0.29) is 5.92 Å². The first kappa shape index (κ1) is 14.2. The van der Waals surface area contributed by atoms with E-state index in [1.165, 1.54) is 0 Å². The van der Waals surface area contributed by atoms with Crippen LogP contribution in [0.2, 0.25) is 0 Å². The van der Waals surface area contributed by atoms with Crippen molar-refractivity contribution in [1.82, 2.24) is 4.98 Å². The van der Waals surface area contributed by atoms with Crippen LogP contribution in [0.3, 0.4) is 0 Å². The molecule has 3 nitrogen and oxygen atoms in total. The molecule has 18 heavy (non-hydrogen) atoms. The van der Waals surface area contributed by atoms with Crippen LogP contribution in [0.4, 0.5) is 5.69 Å². The van der Waals surface area contributed by atoms with E-state index in [0.717, 1.165) is 12.8 Å². The van der Waals surface area contributed by atoms with Gasteiger partial charge in [-0.1, -0.05) is 26.2 Å². The van der Waals surface area contributed by atoms with Crippen LogP contribution in [0.15, 0.2) is 18.3 Å². The zero-order valence-electron chi connectivity index (χ0n) is 11.1. The van der Waals surface area contributed by atoms with Crippen molar-refractivity contribution in [2.45, 2.75) is 39.5 Å². The fourth-order valence-corrected chi connectivity index (χ4v) is 1.76. The molecule has 0 aliphatic heterocycles. The van der Waals surface area contributed by atoms with Crippen LogP contribution < -0.4 is 5.73 Å². The van der Waals surface area contributed by atoms with Crippen molar-refractivity contribution in [3.05, 3.63) is 24.0 Å². The smallest absolute Gasteiger partial charge is 0.136 e. The van der Waals surface area contributed by atoms with Gasteiger partial charge in [0.15, 0.2) is 0 Å². The molecule has 1 unspecified atom stereocenters. The predicted molar refractivity (Wildman–Crippen MR) is 73.8 cm³/mol. The van der Waals surface area contributed by atoms with Crippen LogP contribution in [0.5, 0.6) is 0 Å². The number of aromatic nitrogens is 1. The van der Waals surface area contributed by atoms with Crippen LogP contribution >= 0.6 is 0 Å². The van der Waals surface area contributed by atoms with Crippen LogP contribution in [0.25, 0.3) is 0 Å². The van der Waals surface area contributed by atoms with E-state index < -0.39 is 0 Å². The molecule has 1 atom stereocenters. The number of carbonyl (C=O) groups is 1. The van der Waals surface area contributed by atoms with Crippen molar-refractivity contribution >= 4 is 11.5 Å². The highest BCUT2D eigenvalue weighted by molar-refractivity contribution is 5.80. The minimum atomic E-state index is 0.0706. The Balaban J connectivity index is 2.62. The number of Topliss-reactive ketones (excluding diaryl/α,β-unsaturated/α-hetero) is 1. The molecule has 0 radical (unpaired) electrons.